The average Bonchev–Trinajstić information content (AvgIpc) is 1.98. The number of hydrogen-bond donors (Lipinski definition) is 1. The average molecular weight is 170 g/mol. The molecule has 2 heteroatoms. The van der Waals surface area contributed by atoms with Crippen LogP contribution in [0.3, 0.4) is 0 Å². The highest BCUT2D eigenvalue weighted by atomic mass is 16.4. The summed E-state index contributed by atoms with van der Waals surface area (Å²) in [6, 6.07) is 0. The molecule has 1 N–H and O–H groups in total. The molecule has 0 radical (unpaired) electrons. The molecule has 0 rings (SSSR count). The Kier molecular flexibility index (Phi) is 4.64. The maximum atomic E-state index is 10.5. The van der Waals surface area contributed by atoms with Crippen molar-refractivity contribution in [1.82, 2.24) is 0 Å². The summed E-state index contributed by atoms with van der Waals surface area (Å²) in [5, 5.41) is 8.66. The van der Waals surface area contributed by atoms with E-state index in [0.717, 1.165) is 18.4 Å². The van der Waals surface area contributed by atoms with E-state index < -0.39 is 5.97 Å². The number of rotatable bonds is 4. The molecular weight excluding hydrogens is 152 g/mol. The molecule has 12 heavy (non-hydrogen) atoms. The van der Waals surface area contributed by atoms with Crippen molar-refractivity contribution in [1.29, 1.82) is 0 Å². The minimum Gasteiger partial charge on any atom is -0.478 e. The lowest BCUT2D eigenvalue weighted by molar-refractivity contribution is -0.132. The monoisotopic (exact) mass is 170 g/mol. The van der Waals surface area contributed by atoms with E-state index in [1.54, 1.807) is 6.92 Å². The number of aliphatic carboxylic acids is 1. The van der Waals surface area contributed by atoms with E-state index in [1.807, 2.05) is 6.92 Å². The van der Waals surface area contributed by atoms with Crippen molar-refractivity contribution in [2.75, 3.05) is 0 Å². The molecule has 0 amide bonds. The largest absolute Gasteiger partial charge is 0.478 e. The van der Waals surface area contributed by atoms with E-state index >= 15 is 0 Å². The van der Waals surface area contributed by atoms with Crippen LogP contribution in [-0.2, 0) is 4.79 Å². The molecule has 0 saturated carbocycles. The second-order valence-electron chi connectivity index (χ2n) is 3.64. The predicted molar refractivity (Wildman–Crippen MR) is 50.1 cm³/mol. The summed E-state index contributed by atoms with van der Waals surface area (Å²) in [6.07, 6.45) is 1.96. The summed E-state index contributed by atoms with van der Waals surface area (Å²) in [7, 11) is 0. The molecule has 0 atom stereocenters. The normalized spacial score (nSPS) is 13.1. The van der Waals surface area contributed by atoms with Crippen molar-refractivity contribution < 1.29 is 9.90 Å². The van der Waals surface area contributed by atoms with Crippen LogP contribution >= 0.6 is 0 Å². The molecule has 0 aromatic carbocycles. The Labute approximate surface area is 74.3 Å². The molecule has 0 aliphatic carbocycles. The van der Waals surface area contributed by atoms with Gasteiger partial charge in [0.25, 0.3) is 0 Å². The molecule has 0 heterocycles. The molecule has 0 unspecified atom stereocenters. The topological polar surface area (TPSA) is 37.3 Å². The van der Waals surface area contributed by atoms with Gasteiger partial charge in [-0.05, 0) is 32.6 Å². The fraction of sp³-hybridized carbons (Fsp3) is 0.700. The predicted octanol–water partition coefficient (Wildman–Crippen LogP) is 2.84. The zero-order valence-corrected chi connectivity index (χ0v) is 8.35. The molecule has 0 aromatic heterocycles. The summed E-state index contributed by atoms with van der Waals surface area (Å²) in [5.41, 5.74) is 1.49. The Balaban J connectivity index is 4.09. The van der Waals surface area contributed by atoms with E-state index in [0.29, 0.717) is 11.5 Å². The van der Waals surface area contributed by atoms with Crippen LogP contribution in [-0.4, -0.2) is 11.1 Å². The van der Waals surface area contributed by atoms with Crippen LogP contribution in [0.25, 0.3) is 0 Å². The van der Waals surface area contributed by atoms with Crippen molar-refractivity contribution in [3.05, 3.63) is 11.1 Å². The van der Waals surface area contributed by atoms with Gasteiger partial charge >= 0.3 is 5.97 Å². The first-order valence-corrected chi connectivity index (χ1v) is 4.34. The van der Waals surface area contributed by atoms with Gasteiger partial charge in [-0.2, -0.15) is 0 Å². The van der Waals surface area contributed by atoms with Gasteiger partial charge < -0.3 is 5.11 Å². The first-order chi connectivity index (χ1) is 5.45. The van der Waals surface area contributed by atoms with Crippen molar-refractivity contribution in [3.63, 3.8) is 0 Å². The van der Waals surface area contributed by atoms with E-state index in [1.165, 1.54) is 0 Å². The number of hydrogen-bond acceptors (Lipinski definition) is 1. The number of allylic oxidation sites excluding steroid dienone is 1. The highest BCUT2D eigenvalue weighted by Gasteiger charge is 2.05. The Bertz CT molecular complexity index is 190. The van der Waals surface area contributed by atoms with Crippen LogP contribution in [0.1, 0.15) is 40.5 Å². The Morgan fingerprint density at radius 3 is 2.17 bits per heavy atom. The molecular formula is C10H18O2. The maximum absolute atomic E-state index is 10.5. The van der Waals surface area contributed by atoms with Crippen molar-refractivity contribution in [3.8, 4) is 0 Å². The first-order valence-electron chi connectivity index (χ1n) is 4.34. The maximum Gasteiger partial charge on any atom is 0.331 e. The van der Waals surface area contributed by atoms with Crippen LogP contribution < -0.4 is 0 Å². The second kappa shape index (κ2) is 4.96. The Morgan fingerprint density at radius 1 is 1.33 bits per heavy atom. The van der Waals surface area contributed by atoms with Crippen molar-refractivity contribution >= 4 is 5.97 Å². The van der Waals surface area contributed by atoms with Crippen LogP contribution in [0.15, 0.2) is 11.1 Å². The van der Waals surface area contributed by atoms with E-state index in [9.17, 15) is 4.79 Å². The summed E-state index contributed by atoms with van der Waals surface area (Å²) >= 11 is 0. The van der Waals surface area contributed by atoms with Gasteiger partial charge in [0.1, 0.15) is 0 Å². The summed E-state index contributed by atoms with van der Waals surface area (Å²) < 4.78 is 0. The number of carbonyl (C=O) groups is 1. The quantitative estimate of drug-likeness (QED) is 0.659. The molecule has 0 bridgehead atoms. The van der Waals surface area contributed by atoms with Crippen LogP contribution in [0.2, 0.25) is 0 Å². The smallest absolute Gasteiger partial charge is 0.331 e. The molecule has 0 saturated heterocycles. The fourth-order valence-corrected chi connectivity index (χ4v) is 0.875. The molecule has 70 valence electrons. The minimum atomic E-state index is -0.795. The van der Waals surface area contributed by atoms with Gasteiger partial charge in [-0.15, -0.1) is 0 Å². The SMILES string of the molecule is CC(CCC(C)C)=C(C)C(=O)O. The van der Waals surface area contributed by atoms with Gasteiger partial charge in [-0.25, -0.2) is 4.79 Å². The third-order valence-corrected chi connectivity index (χ3v) is 2.06. The van der Waals surface area contributed by atoms with Gasteiger partial charge in [0.05, 0.1) is 0 Å². The zero-order valence-electron chi connectivity index (χ0n) is 8.35. The zero-order chi connectivity index (χ0) is 9.72. The lowest BCUT2D eigenvalue weighted by Gasteiger charge is -2.06. The minimum absolute atomic E-state index is 0.496. The standard InChI is InChI=1S/C10H18O2/c1-7(2)5-6-8(3)9(4)10(11)12/h7H,5-6H2,1-4H3,(H,11,12). The second-order valence-corrected chi connectivity index (χ2v) is 3.64. The third-order valence-electron chi connectivity index (χ3n) is 2.06. The van der Waals surface area contributed by atoms with Gasteiger partial charge in [0.15, 0.2) is 0 Å². The van der Waals surface area contributed by atoms with Crippen LogP contribution in [0.4, 0.5) is 0 Å². The van der Waals surface area contributed by atoms with Gasteiger partial charge in [0, 0.05) is 5.57 Å². The van der Waals surface area contributed by atoms with E-state index in [4.69, 9.17) is 5.11 Å². The van der Waals surface area contributed by atoms with E-state index in [-0.39, 0.29) is 0 Å². The third kappa shape index (κ3) is 4.16. The molecule has 0 spiro atoms. The van der Waals surface area contributed by atoms with Gasteiger partial charge in [-0.1, -0.05) is 19.4 Å². The molecule has 0 aliphatic rings. The molecule has 0 aromatic rings. The lowest BCUT2D eigenvalue weighted by atomic mass is 10.0. The number of carboxylic acids is 1. The van der Waals surface area contributed by atoms with Gasteiger partial charge in [0.2, 0.25) is 0 Å². The van der Waals surface area contributed by atoms with Crippen molar-refractivity contribution in [2.24, 2.45) is 5.92 Å². The summed E-state index contributed by atoms with van der Waals surface area (Å²) in [6.45, 7) is 7.84. The summed E-state index contributed by atoms with van der Waals surface area (Å²) in [5.74, 6) is -0.155. The van der Waals surface area contributed by atoms with E-state index in [2.05, 4.69) is 13.8 Å². The van der Waals surface area contributed by atoms with Crippen LogP contribution in [0, 0.1) is 5.92 Å². The van der Waals surface area contributed by atoms with Crippen LogP contribution in [0.5, 0.6) is 0 Å². The molecule has 0 aliphatic heterocycles. The molecule has 0 fully saturated rings. The van der Waals surface area contributed by atoms with Crippen molar-refractivity contribution in [2.45, 2.75) is 40.5 Å². The molecule has 2 nitrogen and oxygen atoms in total. The highest BCUT2D eigenvalue weighted by molar-refractivity contribution is 5.86. The summed E-state index contributed by atoms with van der Waals surface area (Å²) in [4.78, 5) is 10.5. The lowest BCUT2D eigenvalue weighted by Crippen LogP contribution is -2.00. The fourth-order valence-electron chi connectivity index (χ4n) is 0.875. The van der Waals surface area contributed by atoms with Gasteiger partial charge in [-0.3, -0.25) is 0 Å². The number of carboxylic acid groups (broad SMARTS) is 1. The Hall–Kier alpha value is -0.790. The highest BCUT2D eigenvalue weighted by Crippen LogP contribution is 2.14. The Morgan fingerprint density at radius 2 is 1.83 bits per heavy atom. The first kappa shape index (κ1) is 11.2.